The van der Waals surface area contributed by atoms with E-state index in [0.29, 0.717) is 39.1 Å². The number of carbonyl (C=O) groups excluding carboxylic acids is 2. The lowest BCUT2D eigenvalue weighted by Gasteiger charge is -2.29. The molecule has 1 atom stereocenters. The lowest BCUT2D eigenvalue weighted by Crippen LogP contribution is -2.42. The molecule has 0 aromatic heterocycles. The van der Waals surface area contributed by atoms with Crippen molar-refractivity contribution in [3.05, 3.63) is 0 Å². The van der Waals surface area contributed by atoms with Gasteiger partial charge in [0.1, 0.15) is 0 Å². The van der Waals surface area contributed by atoms with E-state index in [0.717, 1.165) is 25.7 Å². The molecule has 7 nitrogen and oxygen atoms in total. The third-order valence-corrected chi connectivity index (χ3v) is 3.77. The number of hydrogen-bond acceptors (Lipinski definition) is 7. The Kier molecular flexibility index (Phi) is 14.4. The Morgan fingerprint density at radius 1 is 0.840 bits per heavy atom. The molecule has 148 valence electrons. The van der Waals surface area contributed by atoms with E-state index in [1.54, 1.807) is 0 Å². The molecule has 0 aromatic carbocycles. The number of hydrogen-bond donors (Lipinski definition) is 0. The van der Waals surface area contributed by atoms with E-state index in [9.17, 15) is 9.59 Å². The second kappa shape index (κ2) is 15.1. The van der Waals surface area contributed by atoms with Gasteiger partial charge in [-0.25, -0.2) is 9.59 Å². The summed E-state index contributed by atoms with van der Waals surface area (Å²) in [5.74, 6) is -1.01. The van der Waals surface area contributed by atoms with Crippen LogP contribution in [-0.4, -0.2) is 37.4 Å². The normalized spacial score (nSPS) is 13.3. The average molecular weight is 362 g/mol. The standard InChI is InChI=1S/C18H34O7/c1-5-9-14-22-24-16(19)12-11-13-18(7-3,21-8-4)17(20)25-23-15-10-6-2/h5-15H2,1-4H3. The lowest BCUT2D eigenvalue weighted by atomic mass is 9.93. The molecule has 1 unspecified atom stereocenters. The Bertz CT molecular complexity index is 359. The molecular weight excluding hydrogens is 328 g/mol. The molecule has 0 bridgehead atoms. The zero-order valence-corrected chi connectivity index (χ0v) is 16.1. The highest BCUT2D eigenvalue weighted by atomic mass is 17.2. The van der Waals surface area contributed by atoms with Crippen LogP contribution in [0.2, 0.25) is 0 Å². The molecule has 0 aliphatic heterocycles. The molecule has 0 fully saturated rings. The van der Waals surface area contributed by atoms with E-state index in [-0.39, 0.29) is 6.42 Å². The van der Waals surface area contributed by atoms with Gasteiger partial charge in [-0.15, -0.1) is 0 Å². The van der Waals surface area contributed by atoms with Gasteiger partial charge >= 0.3 is 11.9 Å². The molecule has 7 heteroatoms. The average Bonchev–Trinajstić information content (AvgIpc) is 2.61. The van der Waals surface area contributed by atoms with E-state index in [2.05, 4.69) is 4.89 Å². The van der Waals surface area contributed by atoms with Gasteiger partial charge in [0.2, 0.25) is 0 Å². The van der Waals surface area contributed by atoms with Crippen LogP contribution < -0.4 is 0 Å². The predicted octanol–water partition coefficient (Wildman–Crippen LogP) is 3.89. The Hall–Kier alpha value is -1.18. The van der Waals surface area contributed by atoms with Crippen LogP contribution in [0.3, 0.4) is 0 Å². The lowest BCUT2D eigenvalue weighted by molar-refractivity contribution is -0.289. The van der Waals surface area contributed by atoms with Crippen molar-refractivity contribution in [1.82, 2.24) is 0 Å². The van der Waals surface area contributed by atoms with Gasteiger partial charge in [-0.1, -0.05) is 33.6 Å². The van der Waals surface area contributed by atoms with Gasteiger partial charge in [0.15, 0.2) is 5.60 Å². The second-order valence-corrected chi connectivity index (χ2v) is 5.81. The van der Waals surface area contributed by atoms with Crippen molar-refractivity contribution in [2.75, 3.05) is 19.8 Å². The Morgan fingerprint density at radius 3 is 1.96 bits per heavy atom. The van der Waals surface area contributed by atoms with Crippen LogP contribution in [0.15, 0.2) is 0 Å². The molecule has 0 aliphatic rings. The zero-order valence-electron chi connectivity index (χ0n) is 16.1. The number of unbranched alkanes of at least 4 members (excludes halogenated alkanes) is 2. The van der Waals surface area contributed by atoms with Crippen molar-refractivity contribution in [2.45, 2.75) is 84.7 Å². The first-order valence-corrected chi connectivity index (χ1v) is 9.36. The molecule has 0 radical (unpaired) electrons. The molecule has 0 spiro atoms. The number of ether oxygens (including phenoxy) is 1. The quantitative estimate of drug-likeness (QED) is 0.234. The highest BCUT2D eigenvalue weighted by molar-refractivity contribution is 5.79. The van der Waals surface area contributed by atoms with Crippen molar-refractivity contribution in [3.63, 3.8) is 0 Å². The summed E-state index contributed by atoms with van der Waals surface area (Å²) in [6.07, 6.45) is 4.90. The fraction of sp³-hybridized carbons (Fsp3) is 0.889. The highest BCUT2D eigenvalue weighted by Gasteiger charge is 2.40. The summed E-state index contributed by atoms with van der Waals surface area (Å²) < 4.78 is 5.65. The zero-order chi connectivity index (χ0) is 19.0. The van der Waals surface area contributed by atoms with Crippen LogP contribution >= 0.6 is 0 Å². The molecule has 0 aliphatic carbocycles. The highest BCUT2D eigenvalue weighted by Crippen LogP contribution is 2.26. The van der Waals surface area contributed by atoms with E-state index >= 15 is 0 Å². The fourth-order valence-corrected chi connectivity index (χ4v) is 2.18. The molecule has 0 heterocycles. The summed E-state index contributed by atoms with van der Waals surface area (Å²) in [5, 5.41) is 0. The van der Waals surface area contributed by atoms with Crippen LogP contribution in [0.1, 0.15) is 79.1 Å². The SMILES string of the molecule is CCCCOOC(=O)CCCC(CC)(OCC)C(=O)OOCCCC. The molecule has 0 saturated carbocycles. The summed E-state index contributed by atoms with van der Waals surface area (Å²) in [6.45, 7) is 8.81. The van der Waals surface area contributed by atoms with Crippen LogP contribution in [0, 0.1) is 0 Å². The minimum Gasteiger partial charge on any atom is -0.363 e. The molecule has 0 N–H and O–H groups in total. The molecule has 0 saturated heterocycles. The minimum absolute atomic E-state index is 0.144. The number of rotatable bonds is 16. The van der Waals surface area contributed by atoms with Crippen molar-refractivity contribution in [1.29, 1.82) is 0 Å². The summed E-state index contributed by atoms with van der Waals surface area (Å²) in [7, 11) is 0. The van der Waals surface area contributed by atoms with Crippen molar-refractivity contribution in [3.8, 4) is 0 Å². The molecular formula is C18H34O7. The molecule has 25 heavy (non-hydrogen) atoms. The minimum atomic E-state index is -1.11. The number of carbonyl (C=O) groups is 2. The third-order valence-electron chi connectivity index (χ3n) is 3.77. The maximum absolute atomic E-state index is 12.4. The van der Waals surface area contributed by atoms with Gasteiger partial charge in [0.05, 0.1) is 13.2 Å². The van der Waals surface area contributed by atoms with Crippen molar-refractivity contribution < 1.29 is 33.9 Å². The maximum atomic E-state index is 12.4. The largest absolute Gasteiger partial charge is 0.373 e. The smallest absolute Gasteiger partial charge is 0.363 e. The monoisotopic (exact) mass is 362 g/mol. The summed E-state index contributed by atoms with van der Waals surface area (Å²) in [4.78, 5) is 43.3. The molecule has 0 aromatic rings. The van der Waals surface area contributed by atoms with E-state index in [4.69, 9.17) is 19.4 Å². The van der Waals surface area contributed by atoms with Gasteiger partial charge < -0.3 is 4.74 Å². The topological polar surface area (TPSA) is 80.3 Å². The van der Waals surface area contributed by atoms with E-state index in [1.807, 2.05) is 27.7 Å². The van der Waals surface area contributed by atoms with Gasteiger partial charge in [-0.05, 0) is 39.0 Å². The maximum Gasteiger partial charge on any atom is 0.373 e. The van der Waals surface area contributed by atoms with Gasteiger partial charge in [-0.2, -0.15) is 9.78 Å². The van der Waals surface area contributed by atoms with Gasteiger partial charge in [0, 0.05) is 13.0 Å². The Balaban J connectivity index is 4.36. The summed E-state index contributed by atoms with van der Waals surface area (Å²) in [5.41, 5.74) is -1.11. The molecule has 0 amide bonds. The van der Waals surface area contributed by atoms with E-state index in [1.165, 1.54) is 0 Å². The first-order valence-electron chi connectivity index (χ1n) is 9.36. The van der Waals surface area contributed by atoms with Crippen LogP contribution in [0.25, 0.3) is 0 Å². The van der Waals surface area contributed by atoms with Crippen LogP contribution in [-0.2, 0) is 33.9 Å². The van der Waals surface area contributed by atoms with E-state index < -0.39 is 17.5 Å². The van der Waals surface area contributed by atoms with Crippen LogP contribution in [0.5, 0.6) is 0 Å². The first-order chi connectivity index (χ1) is 12.1. The predicted molar refractivity (Wildman–Crippen MR) is 92.4 cm³/mol. The first kappa shape index (κ1) is 23.8. The van der Waals surface area contributed by atoms with Crippen LogP contribution in [0.4, 0.5) is 0 Å². The third kappa shape index (κ3) is 10.4. The van der Waals surface area contributed by atoms with Gasteiger partial charge in [0.25, 0.3) is 0 Å². The molecule has 0 rings (SSSR count). The van der Waals surface area contributed by atoms with Crippen molar-refractivity contribution in [2.24, 2.45) is 0 Å². The second-order valence-electron chi connectivity index (χ2n) is 5.81. The van der Waals surface area contributed by atoms with Gasteiger partial charge in [-0.3, -0.25) is 9.78 Å². The Labute approximate surface area is 151 Å². The Morgan fingerprint density at radius 2 is 1.44 bits per heavy atom. The fourth-order valence-electron chi connectivity index (χ4n) is 2.18. The summed E-state index contributed by atoms with van der Waals surface area (Å²) >= 11 is 0. The van der Waals surface area contributed by atoms with Crippen molar-refractivity contribution >= 4 is 11.9 Å². The summed E-state index contributed by atoms with van der Waals surface area (Å²) in [6, 6.07) is 0.